The van der Waals surface area contributed by atoms with Gasteiger partial charge in [-0.1, -0.05) is 12.1 Å². The number of rotatable bonds is 4. The summed E-state index contributed by atoms with van der Waals surface area (Å²) in [6, 6.07) is 8.38. The maximum atomic E-state index is 11.4. The lowest BCUT2D eigenvalue weighted by molar-refractivity contribution is 0.468. The highest BCUT2D eigenvalue weighted by molar-refractivity contribution is 14.1. The minimum absolute atomic E-state index is 0.0587. The van der Waals surface area contributed by atoms with Crippen LogP contribution < -0.4 is 5.73 Å². The average Bonchev–Trinajstić information content (AvgIpc) is 2.61. The zero-order valence-corrected chi connectivity index (χ0v) is 13.2. The molecule has 1 saturated heterocycles. The van der Waals surface area contributed by atoms with Gasteiger partial charge in [0, 0.05) is 9.61 Å². The predicted molar refractivity (Wildman–Crippen MR) is 82.2 cm³/mol. The van der Waals surface area contributed by atoms with Crippen molar-refractivity contribution in [3.8, 4) is 0 Å². The van der Waals surface area contributed by atoms with Gasteiger partial charge in [-0.05, 0) is 65.5 Å². The number of halogens is 1. The summed E-state index contributed by atoms with van der Waals surface area (Å²) in [4.78, 5) is 0. The average molecular weight is 379 g/mol. The number of nitrogens with two attached hydrogens (primary N) is 1. The van der Waals surface area contributed by atoms with Crippen molar-refractivity contribution in [1.29, 1.82) is 0 Å². The first-order valence-corrected chi connectivity index (χ1v) is 9.05. The molecule has 3 nitrogen and oxygen atoms in total. The monoisotopic (exact) mass is 379 g/mol. The van der Waals surface area contributed by atoms with Gasteiger partial charge >= 0.3 is 0 Å². The van der Waals surface area contributed by atoms with Crippen molar-refractivity contribution < 1.29 is 8.42 Å². The molecule has 1 fully saturated rings. The third kappa shape index (κ3) is 4.20. The Hall–Kier alpha value is -0.140. The van der Waals surface area contributed by atoms with Crippen LogP contribution in [0.2, 0.25) is 0 Å². The molecule has 0 bridgehead atoms. The molecular weight excluding hydrogens is 361 g/mol. The van der Waals surface area contributed by atoms with Crippen LogP contribution in [0, 0.1) is 9.49 Å². The van der Waals surface area contributed by atoms with Gasteiger partial charge in [-0.15, -0.1) is 0 Å². The van der Waals surface area contributed by atoms with Crippen molar-refractivity contribution in [3.05, 3.63) is 33.4 Å². The molecule has 2 unspecified atom stereocenters. The first kappa shape index (κ1) is 14.3. The van der Waals surface area contributed by atoms with E-state index in [9.17, 15) is 8.42 Å². The second-order valence-corrected chi connectivity index (χ2v) is 8.57. The molecule has 1 aromatic carbocycles. The topological polar surface area (TPSA) is 60.2 Å². The normalized spacial score (nSPS) is 24.0. The van der Waals surface area contributed by atoms with Gasteiger partial charge in [0.25, 0.3) is 0 Å². The fourth-order valence-electron chi connectivity index (χ4n) is 2.49. The summed E-state index contributed by atoms with van der Waals surface area (Å²) in [5.41, 5.74) is 7.34. The van der Waals surface area contributed by atoms with Gasteiger partial charge in [-0.25, -0.2) is 8.42 Å². The number of hydrogen-bond donors (Lipinski definition) is 1. The molecule has 0 aliphatic carbocycles. The molecule has 2 N–H and O–H groups in total. The van der Waals surface area contributed by atoms with Crippen molar-refractivity contribution in [2.75, 3.05) is 11.5 Å². The standard InChI is InChI=1S/C13H18INO2S/c14-12-3-1-10(2-4-12)7-13(15)8-11-5-6-18(16,17)9-11/h1-4,11,13H,5-9,15H2. The molecule has 1 heterocycles. The van der Waals surface area contributed by atoms with Crippen molar-refractivity contribution in [1.82, 2.24) is 0 Å². The molecule has 1 aromatic rings. The molecule has 0 aromatic heterocycles. The summed E-state index contributed by atoms with van der Waals surface area (Å²) in [6.45, 7) is 0. The lowest BCUT2D eigenvalue weighted by atomic mass is 9.95. The SMILES string of the molecule is NC(Cc1ccc(I)cc1)CC1CCS(=O)(=O)C1. The van der Waals surface area contributed by atoms with Crippen LogP contribution >= 0.6 is 22.6 Å². The second kappa shape index (κ2) is 5.88. The van der Waals surface area contributed by atoms with Crippen molar-refractivity contribution in [3.63, 3.8) is 0 Å². The van der Waals surface area contributed by atoms with E-state index < -0.39 is 9.84 Å². The van der Waals surface area contributed by atoms with E-state index in [0.29, 0.717) is 11.5 Å². The van der Waals surface area contributed by atoms with Gasteiger partial charge in [0.15, 0.2) is 9.84 Å². The second-order valence-electron chi connectivity index (χ2n) is 5.10. The van der Waals surface area contributed by atoms with Crippen LogP contribution in [-0.4, -0.2) is 26.0 Å². The smallest absolute Gasteiger partial charge is 0.150 e. The van der Waals surface area contributed by atoms with Gasteiger partial charge in [0.05, 0.1) is 11.5 Å². The van der Waals surface area contributed by atoms with E-state index in [0.717, 1.165) is 19.3 Å². The van der Waals surface area contributed by atoms with E-state index in [1.165, 1.54) is 9.13 Å². The first-order valence-electron chi connectivity index (χ1n) is 6.15. The largest absolute Gasteiger partial charge is 0.327 e. The maximum Gasteiger partial charge on any atom is 0.150 e. The molecule has 0 radical (unpaired) electrons. The van der Waals surface area contributed by atoms with Gasteiger partial charge in [0.2, 0.25) is 0 Å². The first-order chi connectivity index (χ1) is 8.44. The van der Waals surface area contributed by atoms with Gasteiger partial charge in [0.1, 0.15) is 0 Å². The van der Waals surface area contributed by atoms with E-state index in [-0.39, 0.29) is 12.0 Å². The molecular formula is C13H18INO2S. The van der Waals surface area contributed by atoms with Crippen LogP contribution in [0.5, 0.6) is 0 Å². The van der Waals surface area contributed by atoms with Crippen molar-refractivity contribution in [2.45, 2.75) is 25.3 Å². The molecule has 100 valence electrons. The molecule has 5 heteroatoms. The van der Waals surface area contributed by atoms with Gasteiger partial charge in [-0.2, -0.15) is 0 Å². The van der Waals surface area contributed by atoms with Crippen LogP contribution in [0.4, 0.5) is 0 Å². The van der Waals surface area contributed by atoms with Crippen LogP contribution in [0.1, 0.15) is 18.4 Å². The Bertz CT molecular complexity index is 498. The molecule has 1 aliphatic rings. The summed E-state index contributed by atoms with van der Waals surface area (Å²) >= 11 is 2.28. The van der Waals surface area contributed by atoms with E-state index >= 15 is 0 Å². The Kier molecular flexibility index (Phi) is 4.66. The summed E-state index contributed by atoms with van der Waals surface area (Å²) in [6.07, 6.45) is 2.42. The molecule has 0 amide bonds. The third-order valence-corrected chi connectivity index (χ3v) is 5.93. The summed E-state index contributed by atoms with van der Waals surface area (Å²) in [5, 5.41) is 0. The molecule has 0 saturated carbocycles. The van der Waals surface area contributed by atoms with Crippen LogP contribution in [-0.2, 0) is 16.3 Å². The lowest BCUT2D eigenvalue weighted by Crippen LogP contribution is -2.26. The Labute approximate surface area is 122 Å². The highest BCUT2D eigenvalue weighted by atomic mass is 127. The Morgan fingerprint density at radius 2 is 2.00 bits per heavy atom. The van der Waals surface area contributed by atoms with Crippen molar-refractivity contribution >= 4 is 32.4 Å². The third-order valence-electron chi connectivity index (χ3n) is 3.37. The Balaban J connectivity index is 1.86. The van der Waals surface area contributed by atoms with Gasteiger partial charge in [-0.3, -0.25) is 0 Å². The number of hydrogen-bond acceptors (Lipinski definition) is 3. The summed E-state index contributed by atoms with van der Waals surface area (Å²) in [7, 11) is -2.78. The minimum Gasteiger partial charge on any atom is -0.327 e. The van der Waals surface area contributed by atoms with Crippen molar-refractivity contribution in [2.24, 2.45) is 11.7 Å². The molecule has 0 spiro atoms. The highest BCUT2D eigenvalue weighted by Crippen LogP contribution is 2.23. The van der Waals surface area contributed by atoms with E-state index in [1.807, 2.05) is 0 Å². The fourth-order valence-corrected chi connectivity index (χ4v) is 4.73. The van der Waals surface area contributed by atoms with E-state index in [2.05, 4.69) is 46.9 Å². The number of sulfone groups is 1. The lowest BCUT2D eigenvalue weighted by Gasteiger charge is -2.15. The van der Waals surface area contributed by atoms with Crippen LogP contribution in [0.3, 0.4) is 0 Å². The predicted octanol–water partition coefficient (Wildman–Crippen LogP) is 1.99. The highest BCUT2D eigenvalue weighted by Gasteiger charge is 2.28. The van der Waals surface area contributed by atoms with Crippen LogP contribution in [0.25, 0.3) is 0 Å². The number of benzene rings is 1. The minimum atomic E-state index is -2.78. The van der Waals surface area contributed by atoms with Gasteiger partial charge < -0.3 is 5.73 Å². The molecule has 2 atom stereocenters. The zero-order chi connectivity index (χ0) is 13.2. The molecule has 1 aliphatic heterocycles. The maximum absolute atomic E-state index is 11.4. The van der Waals surface area contributed by atoms with E-state index in [1.54, 1.807) is 0 Å². The quantitative estimate of drug-likeness (QED) is 0.814. The van der Waals surface area contributed by atoms with Crippen LogP contribution in [0.15, 0.2) is 24.3 Å². The molecule has 18 heavy (non-hydrogen) atoms. The molecule has 2 rings (SSSR count). The Morgan fingerprint density at radius 3 is 2.56 bits per heavy atom. The Morgan fingerprint density at radius 1 is 1.33 bits per heavy atom. The fraction of sp³-hybridized carbons (Fsp3) is 0.538. The summed E-state index contributed by atoms with van der Waals surface area (Å²) in [5.74, 6) is 0.926. The zero-order valence-electron chi connectivity index (χ0n) is 10.2. The van der Waals surface area contributed by atoms with E-state index in [4.69, 9.17) is 5.73 Å². The summed E-state index contributed by atoms with van der Waals surface area (Å²) < 4.78 is 24.0.